The summed E-state index contributed by atoms with van der Waals surface area (Å²) in [5, 5.41) is 6.92. The van der Waals surface area contributed by atoms with Crippen LogP contribution in [0, 0.1) is 5.41 Å². The Balaban J connectivity index is 1.45. The molecule has 1 aliphatic carbocycles. The third-order valence-electron chi connectivity index (χ3n) is 6.35. The van der Waals surface area contributed by atoms with Crippen molar-refractivity contribution in [1.29, 1.82) is 0 Å². The summed E-state index contributed by atoms with van der Waals surface area (Å²) in [4.78, 5) is 7.62. The lowest BCUT2D eigenvalue weighted by Crippen LogP contribution is -2.46. The number of aliphatic imine (C=N–C) groups is 1. The normalized spacial score (nSPS) is 25.8. The molecule has 2 heterocycles. The van der Waals surface area contributed by atoms with Gasteiger partial charge in [-0.05, 0) is 32.6 Å². The first-order valence-corrected chi connectivity index (χ1v) is 11.8. The molecule has 2 N–H and O–H groups in total. The van der Waals surface area contributed by atoms with Crippen LogP contribution < -0.4 is 10.6 Å². The molecule has 0 bridgehead atoms. The van der Waals surface area contributed by atoms with Gasteiger partial charge in [0.15, 0.2) is 5.96 Å². The minimum absolute atomic E-state index is 0.295. The molecule has 7 nitrogen and oxygen atoms in total. The molecule has 1 atom stereocenters. The zero-order chi connectivity index (χ0) is 20.2. The smallest absolute Gasteiger partial charge is 0.191 e. The van der Waals surface area contributed by atoms with Gasteiger partial charge in [-0.3, -0.25) is 9.89 Å². The lowest BCUT2D eigenvalue weighted by Gasteiger charge is -2.41. The molecule has 3 aliphatic rings. The fraction of sp³-hybridized carbons (Fsp3) is 0.955. The van der Waals surface area contributed by atoms with Gasteiger partial charge in [-0.2, -0.15) is 0 Å². The Labute approximate surface area is 176 Å². The largest absolute Gasteiger partial charge is 0.379 e. The highest BCUT2D eigenvalue weighted by atomic mass is 16.5. The maximum absolute atomic E-state index is 5.86. The third kappa shape index (κ3) is 8.04. The second-order valence-corrected chi connectivity index (χ2v) is 8.78. The van der Waals surface area contributed by atoms with Crippen LogP contribution in [0.25, 0.3) is 0 Å². The molecule has 3 rings (SSSR count). The molecule has 0 aromatic rings. The van der Waals surface area contributed by atoms with Crippen LogP contribution in [0.15, 0.2) is 4.99 Å². The quantitative estimate of drug-likeness (QED) is 0.326. The van der Waals surface area contributed by atoms with Crippen molar-refractivity contribution in [3.8, 4) is 0 Å². The summed E-state index contributed by atoms with van der Waals surface area (Å²) in [6.45, 7) is 12.2. The van der Waals surface area contributed by atoms with E-state index in [1.165, 1.54) is 32.1 Å². The van der Waals surface area contributed by atoms with Crippen LogP contribution in [0.3, 0.4) is 0 Å². The van der Waals surface area contributed by atoms with E-state index in [1.54, 1.807) is 0 Å². The van der Waals surface area contributed by atoms with E-state index in [2.05, 4.69) is 22.5 Å². The summed E-state index contributed by atoms with van der Waals surface area (Å²) >= 11 is 0. The molecule has 0 aromatic heterocycles. The number of ether oxygens (including phenoxy) is 3. The first-order chi connectivity index (χ1) is 14.3. The number of guanidine groups is 1. The number of hydrogen-bond acceptors (Lipinski definition) is 5. The second-order valence-electron chi connectivity index (χ2n) is 8.78. The molecule has 0 radical (unpaired) electrons. The van der Waals surface area contributed by atoms with Crippen molar-refractivity contribution < 1.29 is 14.2 Å². The Kier molecular flexibility index (Phi) is 10.00. The van der Waals surface area contributed by atoms with Crippen LogP contribution in [-0.4, -0.2) is 89.3 Å². The number of nitrogens with one attached hydrogen (secondary N) is 2. The van der Waals surface area contributed by atoms with Gasteiger partial charge in [-0.15, -0.1) is 0 Å². The van der Waals surface area contributed by atoms with Crippen molar-refractivity contribution in [2.45, 2.75) is 58.0 Å². The van der Waals surface area contributed by atoms with Crippen molar-refractivity contribution in [3.63, 3.8) is 0 Å². The summed E-state index contributed by atoms with van der Waals surface area (Å²) < 4.78 is 16.8. The van der Waals surface area contributed by atoms with Gasteiger partial charge < -0.3 is 24.8 Å². The Morgan fingerprint density at radius 1 is 1.10 bits per heavy atom. The lowest BCUT2D eigenvalue weighted by molar-refractivity contribution is 0.00937. The minimum atomic E-state index is 0.295. The average molecular weight is 411 g/mol. The highest BCUT2D eigenvalue weighted by Crippen LogP contribution is 2.37. The van der Waals surface area contributed by atoms with Crippen LogP contribution in [0.4, 0.5) is 0 Å². The van der Waals surface area contributed by atoms with E-state index in [9.17, 15) is 0 Å². The van der Waals surface area contributed by atoms with E-state index in [0.717, 1.165) is 91.1 Å². The predicted molar refractivity (Wildman–Crippen MR) is 117 cm³/mol. The van der Waals surface area contributed by atoms with Gasteiger partial charge in [0, 0.05) is 57.9 Å². The summed E-state index contributed by atoms with van der Waals surface area (Å²) in [5.74, 6) is 0.948. The van der Waals surface area contributed by atoms with Crippen LogP contribution in [0.2, 0.25) is 0 Å². The van der Waals surface area contributed by atoms with E-state index in [4.69, 9.17) is 19.2 Å². The monoisotopic (exact) mass is 410 g/mol. The minimum Gasteiger partial charge on any atom is -0.379 e. The van der Waals surface area contributed by atoms with Gasteiger partial charge in [0.25, 0.3) is 0 Å². The maximum Gasteiger partial charge on any atom is 0.191 e. The van der Waals surface area contributed by atoms with Crippen LogP contribution in [0.5, 0.6) is 0 Å². The second kappa shape index (κ2) is 12.7. The Morgan fingerprint density at radius 2 is 1.93 bits per heavy atom. The zero-order valence-corrected chi connectivity index (χ0v) is 18.4. The molecule has 2 saturated heterocycles. The first-order valence-electron chi connectivity index (χ1n) is 11.8. The van der Waals surface area contributed by atoms with Crippen molar-refractivity contribution >= 4 is 5.96 Å². The van der Waals surface area contributed by atoms with Gasteiger partial charge in [0.1, 0.15) is 0 Å². The fourth-order valence-corrected chi connectivity index (χ4v) is 4.66. The van der Waals surface area contributed by atoms with Gasteiger partial charge in [0.05, 0.1) is 25.9 Å². The maximum atomic E-state index is 5.86. The topological polar surface area (TPSA) is 67.4 Å². The van der Waals surface area contributed by atoms with E-state index in [0.29, 0.717) is 11.5 Å². The summed E-state index contributed by atoms with van der Waals surface area (Å²) in [7, 11) is 0. The van der Waals surface area contributed by atoms with E-state index < -0.39 is 0 Å². The summed E-state index contributed by atoms with van der Waals surface area (Å²) in [5.41, 5.74) is 0.323. The molecule has 1 unspecified atom stereocenters. The Bertz CT molecular complexity index is 471. The molecule has 1 saturated carbocycles. The molecule has 0 spiro atoms. The van der Waals surface area contributed by atoms with E-state index in [-0.39, 0.29) is 0 Å². The van der Waals surface area contributed by atoms with Crippen molar-refractivity contribution in [1.82, 2.24) is 15.5 Å². The first kappa shape index (κ1) is 22.8. The van der Waals surface area contributed by atoms with Gasteiger partial charge in [-0.1, -0.05) is 19.3 Å². The molecular weight excluding hydrogens is 368 g/mol. The molecule has 0 amide bonds. The SMILES string of the molecule is CCNC(=NCC1(CN2CCOCC2)CCCCC1)NCCCOC1CCOC1. The molecule has 2 aliphatic heterocycles. The number of hydrogen-bond donors (Lipinski definition) is 2. The molecule has 0 aromatic carbocycles. The zero-order valence-electron chi connectivity index (χ0n) is 18.4. The Hall–Kier alpha value is -0.890. The van der Waals surface area contributed by atoms with Crippen molar-refractivity contribution in [2.24, 2.45) is 10.4 Å². The lowest BCUT2D eigenvalue weighted by atomic mass is 9.73. The average Bonchev–Trinajstić information content (AvgIpc) is 3.27. The van der Waals surface area contributed by atoms with Crippen LogP contribution in [-0.2, 0) is 14.2 Å². The van der Waals surface area contributed by atoms with Crippen LogP contribution in [0.1, 0.15) is 51.9 Å². The predicted octanol–water partition coefficient (Wildman–Crippen LogP) is 2.02. The Morgan fingerprint density at radius 3 is 2.66 bits per heavy atom. The highest BCUT2D eigenvalue weighted by Gasteiger charge is 2.34. The van der Waals surface area contributed by atoms with E-state index >= 15 is 0 Å². The van der Waals surface area contributed by atoms with Crippen LogP contribution >= 0.6 is 0 Å². The highest BCUT2D eigenvalue weighted by molar-refractivity contribution is 5.79. The molecule has 29 heavy (non-hydrogen) atoms. The third-order valence-corrected chi connectivity index (χ3v) is 6.35. The molecule has 3 fully saturated rings. The van der Waals surface area contributed by atoms with Gasteiger partial charge >= 0.3 is 0 Å². The fourth-order valence-electron chi connectivity index (χ4n) is 4.66. The van der Waals surface area contributed by atoms with E-state index in [1.807, 2.05) is 0 Å². The molecule has 168 valence electrons. The van der Waals surface area contributed by atoms with Crippen molar-refractivity contribution in [3.05, 3.63) is 0 Å². The number of nitrogens with zero attached hydrogens (tertiary/aromatic N) is 2. The number of rotatable bonds is 10. The van der Waals surface area contributed by atoms with Crippen molar-refractivity contribution in [2.75, 3.05) is 72.3 Å². The summed E-state index contributed by atoms with van der Waals surface area (Å²) in [6.07, 6.45) is 8.96. The molecular formula is C22H42N4O3. The molecule has 7 heteroatoms. The summed E-state index contributed by atoms with van der Waals surface area (Å²) in [6, 6.07) is 0. The standard InChI is InChI=1S/C22H42N4O3/c1-2-23-21(24-10-6-13-29-20-7-14-28-17-20)25-18-22(8-4-3-5-9-22)19-26-11-15-27-16-12-26/h20H,2-19H2,1H3,(H2,23,24,25). The van der Waals surface area contributed by atoms with Gasteiger partial charge in [-0.25, -0.2) is 0 Å². The van der Waals surface area contributed by atoms with Gasteiger partial charge in [0.2, 0.25) is 0 Å². The number of morpholine rings is 1.